The maximum atomic E-state index is 5.31. The van der Waals surface area contributed by atoms with E-state index >= 15 is 0 Å². The van der Waals surface area contributed by atoms with Crippen LogP contribution in [0.1, 0.15) is 23.7 Å². The Morgan fingerprint density at radius 3 is 2.87 bits per heavy atom. The molecular weight excluding hydrogens is 380 g/mol. The molecule has 0 radical (unpaired) electrons. The number of pyridine rings is 1. The normalized spacial score (nSPS) is 16.7. The molecule has 4 rings (SSSR count). The van der Waals surface area contributed by atoms with Crippen molar-refractivity contribution < 1.29 is 9.26 Å². The highest BCUT2D eigenvalue weighted by Gasteiger charge is 2.26. The van der Waals surface area contributed by atoms with E-state index in [1.807, 2.05) is 37.4 Å². The molecular formula is C22H26N6O2. The second-order valence-corrected chi connectivity index (χ2v) is 7.16. The quantitative estimate of drug-likeness (QED) is 0.497. The lowest BCUT2D eigenvalue weighted by atomic mass is 9.98. The number of guanidine groups is 1. The van der Waals surface area contributed by atoms with Gasteiger partial charge in [-0.15, -0.1) is 0 Å². The first kappa shape index (κ1) is 19.9. The lowest BCUT2D eigenvalue weighted by Crippen LogP contribution is -2.40. The number of nitrogens with one attached hydrogen (secondary N) is 1. The van der Waals surface area contributed by atoms with Gasteiger partial charge in [-0.3, -0.25) is 9.98 Å². The van der Waals surface area contributed by atoms with E-state index in [0.717, 1.165) is 31.2 Å². The Kier molecular flexibility index (Phi) is 6.22. The molecule has 1 aliphatic heterocycles. The van der Waals surface area contributed by atoms with Crippen molar-refractivity contribution in [1.29, 1.82) is 0 Å². The summed E-state index contributed by atoms with van der Waals surface area (Å²) in [6.07, 6.45) is 3.45. The third kappa shape index (κ3) is 4.59. The van der Waals surface area contributed by atoms with E-state index in [4.69, 9.17) is 9.26 Å². The summed E-state index contributed by atoms with van der Waals surface area (Å²) in [6, 6.07) is 14.0. The van der Waals surface area contributed by atoms with Crippen molar-refractivity contribution in [3.8, 4) is 17.3 Å². The van der Waals surface area contributed by atoms with Crippen LogP contribution in [0, 0.1) is 0 Å². The van der Waals surface area contributed by atoms with Crippen molar-refractivity contribution in [3.05, 3.63) is 60.0 Å². The SMILES string of the molecule is CN=C(NCCc1noc(-c2ccccn2)n1)N1CCC(c2ccc(OC)cc2)C1. The van der Waals surface area contributed by atoms with Crippen LogP contribution in [0.4, 0.5) is 0 Å². The summed E-state index contributed by atoms with van der Waals surface area (Å²) in [6.45, 7) is 2.60. The molecule has 0 spiro atoms. The zero-order chi connectivity index (χ0) is 20.8. The summed E-state index contributed by atoms with van der Waals surface area (Å²) in [5.74, 6) is 3.37. The predicted molar refractivity (Wildman–Crippen MR) is 115 cm³/mol. The van der Waals surface area contributed by atoms with Crippen molar-refractivity contribution in [2.24, 2.45) is 4.99 Å². The van der Waals surface area contributed by atoms with Gasteiger partial charge in [-0.25, -0.2) is 0 Å². The number of likely N-dealkylation sites (tertiary alicyclic amines) is 1. The molecule has 1 aliphatic rings. The van der Waals surface area contributed by atoms with Gasteiger partial charge in [0.2, 0.25) is 0 Å². The lowest BCUT2D eigenvalue weighted by molar-refractivity contribution is 0.414. The summed E-state index contributed by atoms with van der Waals surface area (Å²) in [7, 11) is 3.51. The van der Waals surface area contributed by atoms with E-state index in [1.54, 1.807) is 13.3 Å². The third-order valence-corrected chi connectivity index (χ3v) is 5.27. The largest absolute Gasteiger partial charge is 0.497 e. The Balaban J connectivity index is 1.28. The topological polar surface area (TPSA) is 88.7 Å². The van der Waals surface area contributed by atoms with E-state index in [2.05, 4.69) is 42.5 Å². The van der Waals surface area contributed by atoms with Crippen LogP contribution < -0.4 is 10.1 Å². The number of ether oxygens (including phenoxy) is 1. The summed E-state index contributed by atoms with van der Waals surface area (Å²) < 4.78 is 10.6. The Morgan fingerprint density at radius 1 is 1.27 bits per heavy atom. The van der Waals surface area contributed by atoms with Gasteiger partial charge < -0.3 is 19.5 Å². The van der Waals surface area contributed by atoms with Gasteiger partial charge in [-0.1, -0.05) is 23.4 Å². The van der Waals surface area contributed by atoms with Crippen molar-refractivity contribution in [2.45, 2.75) is 18.8 Å². The maximum absolute atomic E-state index is 5.31. The number of rotatable bonds is 6. The van der Waals surface area contributed by atoms with E-state index in [-0.39, 0.29) is 0 Å². The Morgan fingerprint density at radius 2 is 2.13 bits per heavy atom. The van der Waals surface area contributed by atoms with Crippen LogP contribution in [0.15, 0.2) is 58.2 Å². The van der Waals surface area contributed by atoms with Crippen LogP contribution in [-0.2, 0) is 6.42 Å². The Labute approximate surface area is 176 Å². The summed E-state index contributed by atoms with van der Waals surface area (Å²) in [5.41, 5.74) is 2.02. The Hall–Kier alpha value is -3.42. The first-order valence-corrected chi connectivity index (χ1v) is 10.1. The average Bonchev–Trinajstić information content (AvgIpc) is 3.48. The number of nitrogens with zero attached hydrogens (tertiary/aromatic N) is 5. The summed E-state index contributed by atoms with van der Waals surface area (Å²) >= 11 is 0. The van der Waals surface area contributed by atoms with E-state index in [9.17, 15) is 0 Å². The van der Waals surface area contributed by atoms with Gasteiger partial charge >= 0.3 is 0 Å². The van der Waals surface area contributed by atoms with Gasteiger partial charge in [-0.2, -0.15) is 4.98 Å². The monoisotopic (exact) mass is 406 g/mol. The zero-order valence-corrected chi connectivity index (χ0v) is 17.3. The minimum absolute atomic E-state index is 0.442. The molecule has 1 atom stereocenters. The highest BCUT2D eigenvalue weighted by molar-refractivity contribution is 5.80. The standard InChI is InChI=1S/C22H26N6O2/c1-23-22(28-14-11-17(15-28)16-6-8-18(29-2)9-7-16)25-13-10-20-26-21(30-27-20)19-5-3-4-12-24-19/h3-9,12,17H,10-11,13-15H2,1-2H3,(H,23,25). The molecule has 3 heterocycles. The first-order chi connectivity index (χ1) is 14.8. The van der Waals surface area contributed by atoms with E-state index < -0.39 is 0 Å². The minimum Gasteiger partial charge on any atom is -0.497 e. The van der Waals surface area contributed by atoms with Crippen molar-refractivity contribution >= 4 is 5.96 Å². The molecule has 1 saturated heterocycles. The lowest BCUT2D eigenvalue weighted by Gasteiger charge is -2.21. The first-order valence-electron chi connectivity index (χ1n) is 10.1. The highest BCUT2D eigenvalue weighted by atomic mass is 16.5. The molecule has 8 heteroatoms. The zero-order valence-electron chi connectivity index (χ0n) is 17.3. The number of benzene rings is 1. The van der Waals surface area contributed by atoms with Gasteiger partial charge in [-0.05, 0) is 36.2 Å². The molecule has 8 nitrogen and oxygen atoms in total. The van der Waals surface area contributed by atoms with Gasteiger partial charge in [0, 0.05) is 45.2 Å². The number of hydrogen-bond donors (Lipinski definition) is 1. The number of aromatic nitrogens is 3. The maximum Gasteiger partial charge on any atom is 0.276 e. The predicted octanol–water partition coefficient (Wildman–Crippen LogP) is 2.75. The van der Waals surface area contributed by atoms with E-state index in [0.29, 0.717) is 36.3 Å². The minimum atomic E-state index is 0.442. The Bertz CT molecular complexity index is 971. The fourth-order valence-electron chi connectivity index (χ4n) is 3.67. The third-order valence-electron chi connectivity index (χ3n) is 5.27. The molecule has 2 aromatic heterocycles. The molecule has 0 amide bonds. The molecule has 0 aliphatic carbocycles. The molecule has 1 fully saturated rings. The number of methoxy groups -OCH3 is 1. The van der Waals surface area contributed by atoms with Crippen molar-refractivity contribution in [2.75, 3.05) is 33.8 Å². The summed E-state index contributed by atoms with van der Waals surface area (Å²) in [4.78, 5) is 15.4. The smallest absolute Gasteiger partial charge is 0.276 e. The number of hydrogen-bond acceptors (Lipinski definition) is 6. The van der Waals surface area contributed by atoms with E-state index in [1.165, 1.54) is 5.56 Å². The highest BCUT2D eigenvalue weighted by Crippen LogP contribution is 2.28. The van der Waals surface area contributed by atoms with Crippen molar-refractivity contribution in [1.82, 2.24) is 25.3 Å². The molecule has 1 N–H and O–H groups in total. The second-order valence-electron chi connectivity index (χ2n) is 7.16. The van der Waals surface area contributed by atoms with Gasteiger partial charge in [0.05, 0.1) is 7.11 Å². The van der Waals surface area contributed by atoms with Crippen LogP contribution in [-0.4, -0.2) is 59.8 Å². The van der Waals surface area contributed by atoms with Gasteiger partial charge in [0.15, 0.2) is 11.8 Å². The molecule has 30 heavy (non-hydrogen) atoms. The van der Waals surface area contributed by atoms with Crippen LogP contribution in [0.25, 0.3) is 11.6 Å². The van der Waals surface area contributed by atoms with Crippen LogP contribution in [0.3, 0.4) is 0 Å². The molecule has 1 aromatic carbocycles. The summed E-state index contributed by atoms with van der Waals surface area (Å²) in [5, 5.41) is 7.47. The van der Waals surface area contributed by atoms with Crippen LogP contribution in [0.5, 0.6) is 5.75 Å². The fourth-order valence-corrected chi connectivity index (χ4v) is 3.67. The van der Waals surface area contributed by atoms with Gasteiger partial charge in [0.25, 0.3) is 5.89 Å². The molecule has 3 aromatic rings. The molecule has 1 unspecified atom stereocenters. The van der Waals surface area contributed by atoms with Crippen LogP contribution >= 0.6 is 0 Å². The molecule has 156 valence electrons. The fraction of sp³-hybridized carbons (Fsp3) is 0.364. The number of aliphatic imine (C=N–C) groups is 1. The van der Waals surface area contributed by atoms with Gasteiger partial charge in [0.1, 0.15) is 11.4 Å². The average molecular weight is 406 g/mol. The van der Waals surface area contributed by atoms with Crippen molar-refractivity contribution in [3.63, 3.8) is 0 Å². The van der Waals surface area contributed by atoms with Crippen LogP contribution in [0.2, 0.25) is 0 Å². The molecule has 0 bridgehead atoms. The molecule has 0 saturated carbocycles. The second kappa shape index (κ2) is 9.39.